The summed E-state index contributed by atoms with van der Waals surface area (Å²) >= 11 is 1.05. The zero-order valence-electron chi connectivity index (χ0n) is 9.59. The van der Waals surface area contributed by atoms with Gasteiger partial charge in [0, 0.05) is 5.75 Å². The molecule has 0 aliphatic heterocycles. The van der Waals surface area contributed by atoms with E-state index in [4.69, 9.17) is 11.1 Å². The van der Waals surface area contributed by atoms with Gasteiger partial charge < -0.3 is 5.73 Å². The first-order chi connectivity index (χ1) is 7.93. The summed E-state index contributed by atoms with van der Waals surface area (Å²) in [5, 5.41) is 6.45. The minimum atomic E-state index is -3.18. The fraction of sp³-hybridized carbons (Fsp3) is 0.364. The fourth-order valence-corrected chi connectivity index (χ4v) is 3.78. The first-order valence-corrected chi connectivity index (χ1v) is 7.87. The van der Waals surface area contributed by atoms with Crippen molar-refractivity contribution in [3.05, 3.63) is 35.9 Å². The molecule has 0 aromatic heterocycles. The molecule has 6 heteroatoms. The summed E-state index contributed by atoms with van der Waals surface area (Å²) in [4.78, 5) is 0. The molecule has 3 N–H and O–H groups in total. The molecule has 0 saturated carbocycles. The Morgan fingerprint density at radius 1 is 1.41 bits per heavy atom. The van der Waals surface area contributed by atoms with Crippen molar-refractivity contribution >= 4 is 26.8 Å². The molecule has 0 saturated heterocycles. The number of benzene rings is 1. The first kappa shape index (κ1) is 14.1. The van der Waals surface area contributed by atoms with E-state index in [0.29, 0.717) is 5.75 Å². The molecule has 1 rings (SSSR count). The summed E-state index contributed by atoms with van der Waals surface area (Å²) in [5.41, 5.74) is 5.95. The molecule has 0 aliphatic carbocycles. The highest BCUT2D eigenvalue weighted by Crippen LogP contribution is 2.22. The van der Waals surface area contributed by atoms with Crippen LogP contribution < -0.4 is 5.73 Å². The third-order valence-corrected chi connectivity index (χ3v) is 5.53. The van der Waals surface area contributed by atoms with Gasteiger partial charge in [0.2, 0.25) is 0 Å². The summed E-state index contributed by atoms with van der Waals surface area (Å²) in [5.74, 6) is 0.363. The SMILES string of the molecule is CC(c1ccccc1)S(=O)(=O)CCSC(=N)N. The molecule has 1 aromatic carbocycles. The summed E-state index contributed by atoms with van der Waals surface area (Å²) in [6, 6.07) is 9.12. The quantitative estimate of drug-likeness (QED) is 0.632. The normalized spacial score (nSPS) is 13.2. The molecule has 0 bridgehead atoms. The number of rotatable bonds is 5. The van der Waals surface area contributed by atoms with Crippen LogP contribution in [-0.2, 0) is 9.84 Å². The molecule has 0 aliphatic rings. The second-order valence-corrected chi connectivity index (χ2v) is 7.21. The minimum absolute atomic E-state index is 0.0350. The number of amidine groups is 1. The molecule has 0 spiro atoms. The number of sulfone groups is 1. The highest BCUT2D eigenvalue weighted by Gasteiger charge is 2.21. The zero-order valence-corrected chi connectivity index (χ0v) is 11.2. The second-order valence-electron chi connectivity index (χ2n) is 3.63. The minimum Gasteiger partial charge on any atom is -0.379 e. The summed E-state index contributed by atoms with van der Waals surface area (Å²) < 4.78 is 24.0. The summed E-state index contributed by atoms with van der Waals surface area (Å²) in [6.45, 7) is 1.68. The standard InChI is InChI=1S/C11H16N2O2S2/c1-9(10-5-3-2-4-6-10)17(14,15)8-7-16-11(12)13/h2-6,9H,7-8H2,1H3,(H3,12,13). The van der Waals surface area contributed by atoms with E-state index in [1.807, 2.05) is 18.2 Å². The van der Waals surface area contributed by atoms with Crippen LogP contribution in [0, 0.1) is 5.41 Å². The smallest absolute Gasteiger partial charge is 0.157 e. The number of hydrogen-bond acceptors (Lipinski definition) is 4. The van der Waals surface area contributed by atoms with Crippen molar-refractivity contribution < 1.29 is 8.42 Å². The van der Waals surface area contributed by atoms with Crippen LogP contribution in [0.2, 0.25) is 0 Å². The number of thioether (sulfide) groups is 1. The molecule has 0 radical (unpaired) electrons. The predicted octanol–water partition coefficient (Wildman–Crippen LogP) is 1.79. The van der Waals surface area contributed by atoms with E-state index in [9.17, 15) is 8.42 Å². The Bertz CT molecular complexity index is 472. The molecular formula is C11H16N2O2S2. The number of nitrogens with one attached hydrogen (secondary N) is 1. The van der Waals surface area contributed by atoms with Crippen molar-refractivity contribution in [3.8, 4) is 0 Å². The van der Waals surface area contributed by atoms with Crippen molar-refractivity contribution in [3.63, 3.8) is 0 Å². The lowest BCUT2D eigenvalue weighted by Crippen LogP contribution is -2.17. The molecule has 0 fully saturated rings. The second kappa shape index (κ2) is 6.07. The monoisotopic (exact) mass is 272 g/mol. The van der Waals surface area contributed by atoms with Crippen molar-refractivity contribution in [2.45, 2.75) is 12.2 Å². The molecule has 17 heavy (non-hydrogen) atoms. The third-order valence-electron chi connectivity index (χ3n) is 2.43. The lowest BCUT2D eigenvalue weighted by molar-refractivity contribution is 0.588. The Hall–Kier alpha value is -1.01. The fourth-order valence-electron chi connectivity index (χ4n) is 1.38. The average molecular weight is 272 g/mol. The van der Waals surface area contributed by atoms with Crippen LogP contribution >= 0.6 is 11.8 Å². The molecule has 1 atom stereocenters. The van der Waals surface area contributed by atoms with Crippen LogP contribution in [0.4, 0.5) is 0 Å². The van der Waals surface area contributed by atoms with Gasteiger partial charge in [-0.3, -0.25) is 5.41 Å². The highest BCUT2D eigenvalue weighted by molar-refractivity contribution is 8.14. The Balaban J connectivity index is 2.68. The molecule has 1 aromatic rings. The Morgan fingerprint density at radius 3 is 2.53 bits per heavy atom. The Morgan fingerprint density at radius 2 is 2.00 bits per heavy atom. The van der Waals surface area contributed by atoms with Gasteiger partial charge in [-0.1, -0.05) is 42.1 Å². The number of nitrogens with two attached hydrogens (primary N) is 1. The molecular weight excluding hydrogens is 256 g/mol. The van der Waals surface area contributed by atoms with E-state index in [-0.39, 0.29) is 10.9 Å². The van der Waals surface area contributed by atoms with E-state index < -0.39 is 15.1 Å². The van der Waals surface area contributed by atoms with Crippen molar-refractivity contribution in [2.75, 3.05) is 11.5 Å². The van der Waals surface area contributed by atoms with E-state index >= 15 is 0 Å². The van der Waals surface area contributed by atoms with E-state index in [1.54, 1.807) is 19.1 Å². The van der Waals surface area contributed by atoms with Crippen molar-refractivity contribution in [1.82, 2.24) is 0 Å². The van der Waals surface area contributed by atoms with E-state index in [0.717, 1.165) is 17.3 Å². The maximum Gasteiger partial charge on any atom is 0.157 e. The van der Waals surface area contributed by atoms with Gasteiger partial charge in [-0.05, 0) is 12.5 Å². The summed E-state index contributed by atoms with van der Waals surface area (Å²) in [7, 11) is -3.18. The van der Waals surface area contributed by atoms with Crippen molar-refractivity contribution in [2.24, 2.45) is 5.73 Å². The van der Waals surface area contributed by atoms with Crippen LogP contribution in [0.15, 0.2) is 30.3 Å². The maximum absolute atomic E-state index is 12.0. The van der Waals surface area contributed by atoms with Gasteiger partial charge in [-0.2, -0.15) is 0 Å². The zero-order chi connectivity index (χ0) is 12.9. The molecule has 4 nitrogen and oxygen atoms in total. The van der Waals surface area contributed by atoms with Crippen LogP contribution in [0.1, 0.15) is 17.7 Å². The number of hydrogen-bond donors (Lipinski definition) is 2. The Labute approximate surface area is 106 Å². The topological polar surface area (TPSA) is 84.0 Å². The maximum atomic E-state index is 12.0. The van der Waals surface area contributed by atoms with Gasteiger partial charge >= 0.3 is 0 Å². The van der Waals surface area contributed by atoms with E-state index in [2.05, 4.69) is 0 Å². The van der Waals surface area contributed by atoms with Gasteiger partial charge in [0.1, 0.15) is 0 Å². The largest absolute Gasteiger partial charge is 0.379 e. The van der Waals surface area contributed by atoms with Crippen molar-refractivity contribution in [1.29, 1.82) is 5.41 Å². The van der Waals surface area contributed by atoms with E-state index in [1.165, 1.54) is 0 Å². The van der Waals surface area contributed by atoms with Crippen LogP contribution in [0.5, 0.6) is 0 Å². The van der Waals surface area contributed by atoms with Gasteiger partial charge in [0.15, 0.2) is 15.0 Å². The average Bonchev–Trinajstić information content (AvgIpc) is 2.28. The molecule has 94 valence electrons. The predicted molar refractivity (Wildman–Crippen MR) is 73.0 cm³/mol. The van der Waals surface area contributed by atoms with Crippen LogP contribution in [0.25, 0.3) is 0 Å². The van der Waals surface area contributed by atoms with Gasteiger partial charge in [0.25, 0.3) is 0 Å². The lowest BCUT2D eigenvalue weighted by Gasteiger charge is -2.12. The highest BCUT2D eigenvalue weighted by atomic mass is 32.2. The van der Waals surface area contributed by atoms with Gasteiger partial charge in [0.05, 0.1) is 11.0 Å². The summed E-state index contributed by atoms with van der Waals surface area (Å²) in [6.07, 6.45) is 0. The first-order valence-electron chi connectivity index (χ1n) is 5.17. The molecule has 1 unspecified atom stereocenters. The van der Waals surface area contributed by atoms with Gasteiger partial charge in [-0.25, -0.2) is 8.42 Å². The third kappa shape index (κ3) is 4.40. The Kier molecular flexibility index (Phi) is 5.02. The lowest BCUT2D eigenvalue weighted by atomic mass is 10.2. The van der Waals surface area contributed by atoms with Crippen LogP contribution in [0.3, 0.4) is 0 Å². The molecule has 0 heterocycles. The van der Waals surface area contributed by atoms with Gasteiger partial charge in [-0.15, -0.1) is 0 Å². The van der Waals surface area contributed by atoms with Crippen LogP contribution in [-0.4, -0.2) is 25.1 Å². The molecule has 0 amide bonds.